The molecule has 0 aliphatic carbocycles. The van der Waals surface area contributed by atoms with E-state index >= 15 is 0 Å². The zero-order chi connectivity index (χ0) is 13.2. The van der Waals surface area contributed by atoms with Crippen molar-refractivity contribution < 1.29 is 9.90 Å². The summed E-state index contributed by atoms with van der Waals surface area (Å²) in [6.07, 6.45) is 5.53. The van der Waals surface area contributed by atoms with Crippen LogP contribution in [0, 0.1) is 0 Å². The van der Waals surface area contributed by atoms with Gasteiger partial charge in [-0.15, -0.1) is 0 Å². The lowest BCUT2D eigenvalue weighted by Crippen LogP contribution is -2.47. The molecule has 2 heterocycles. The van der Waals surface area contributed by atoms with E-state index in [2.05, 4.69) is 4.90 Å². The Morgan fingerprint density at radius 3 is 2.28 bits per heavy atom. The van der Waals surface area contributed by atoms with Crippen LogP contribution in [0.3, 0.4) is 0 Å². The van der Waals surface area contributed by atoms with Gasteiger partial charge in [0.1, 0.15) is 0 Å². The van der Waals surface area contributed by atoms with Crippen molar-refractivity contribution in [3.63, 3.8) is 0 Å². The first-order valence-electron chi connectivity index (χ1n) is 7.25. The number of hydrogen-bond donors (Lipinski definition) is 1. The third-order valence-corrected chi connectivity index (χ3v) is 4.30. The highest BCUT2D eigenvalue weighted by Gasteiger charge is 2.36. The maximum Gasteiger partial charge on any atom is 0.239 e. The molecule has 4 nitrogen and oxygen atoms in total. The molecule has 2 atom stereocenters. The molecule has 0 aromatic heterocycles. The second kappa shape index (κ2) is 5.57. The van der Waals surface area contributed by atoms with Gasteiger partial charge in [-0.3, -0.25) is 9.69 Å². The van der Waals surface area contributed by atoms with Crippen LogP contribution in [0.4, 0.5) is 0 Å². The summed E-state index contributed by atoms with van der Waals surface area (Å²) in [7, 11) is 0. The Labute approximate surface area is 110 Å². The lowest BCUT2D eigenvalue weighted by atomic mass is 10.1. The van der Waals surface area contributed by atoms with E-state index in [-0.39, 0.29) is 11.9 Å². The Balaban J connectivity index is 1.91. The molecule has 18 heavy (non-hydrogen) atoms. The quantitative estimate of drug-likeness (QED) is 0.806. The fourth-order valence-corrected chi connectivity index (χ4v) is 3.02. The van der Waals surface area contributed by atoms with E-state index in [0.717, 1.165) is 38.9 Å². The minimum atomic E-state index is -0.618. The molecule has 2 aliphatic heterocycles. The number of rotatable bonds is 2. The Morgan fingerprint density at radius 2 is 1.78 bits per heavy atom. The number of nitrogens with zero attached hydrogens (tertiary/aromatic N) is 2. The molecule has 2 fully saturated rings. The van der Waals surface area contributed by atoms with E-state index in [9.17, 15) is 9.90 Å². The number of aliphatic hydroxyl groups is 1. The van der Waals surface area contributed by atoms with Crippen molar-refractivity contribution in [3.8, 4) is 0 Å². The monoisotopic (exact) mass is 254 g/mol. The van der Waals surface area contributed by atoms with Crippen molar-refractivity contribution in [2.75, 3.05) is 26.2 Å². The Hall–Kier alpha value is -0.610. The van der Waals surface area contributed by atoms with Crippen LogP contribution in [0.15, 0.2) is 0 Å². The first kappa shape index (κ1) is 13.8. The Bertz CT molecular complexity index is 296. The standard InChI is InChI=1S/C14H26N2O2/c1-12(16-10-7-14(2,18)11-16)13(17)15-8-5-3-4-6-9-15/h12,18H,3-11H2,1-2H3. The number of carbonyl (C=O) groups is 1. The topological polar surface area (TPSA) is 43.8 Å². The van der Waals surface area contributed by atoms with Crippen LogP contribution in [0.25, 0.3) is 0 Å². The molecule has 0 bridgehead atoms. The fourth-order valence-electron chi connectivity index (χ4n) is 3.02. The zero-order valence-corrected chi connectivity index (χ0v) is 11.7. The molecule has 2 saturated heterocycles. The molecule has 2 aliphatic rings. The highest BCUT2D eigenvalue weighted by Crippen LogP contribution is 2.23. The van der Waals surface area contributed by atoms with Gasteiger partial charge in [-0.2, -0.15) is 0 Å². The van der Waals surface area contributed by atoms with Crippen LogP contribution in [-0.4, -0.2) is 58.6 Å². The molecule has 0 spiro atoms. The summed E-state index contributed by atoms with van der Waals surface area (Å²) in [5.41, 5.74) is -0.618. The summed E-state index contributed by atoms with van der Waals surface area (Å²) in [4.78, 5) is 16.6. The van der Waals surface area contributed by atoms with E-state index in [1.165, 1.54) is 12.8 Å². The average molecular weight is 254 g/mol. The van der Waals surface area contributed by atoms with Crippen molar-refractivity contribution in [2.45, 2.75) is 57.6 Å². The summed E-state index contributed by atoms with van der Waals surface area (Å²) < 4.78 is 0. The van der Waals surface area contributed by atoms with Gasteiger partial charge in [-0.1, -0.05) is 12.8 Å². The predicted octanol–water partition coefficient (Wildman–Crippen LogP) is 1.23. The summed E-state index contributed by atoms with van der Waals surface area (Å²) in [6.45, 7) is 7.10. The van der Waals surface area contributed by atoms with Gasteiger partial charge < -0.3 is 10.0 Å². The third kappa shape index (κ3) is 3.23. The van der Waals surface area contributed by atoms with Crippen LogP contribution < -0.4 is 0 Å². The van der Waals surface area contributed by atoms with Gasteiger partial charge in [0, 0.05) is 26.2 Å². The van der Waals surface area contributed by atoms with Crippen LogP contribution in [-0.2, 0) is 4.79 Å². The van der Waals surface area contributed by atoms with Gasteiger partial charge in [0.05, 0.1) is 11.6 Å². The van der Waals surface area contributed by atoms with Gasteiger partial charge >= 0.3 is 0 Å². The lowest BCUT2D eigenvalue weighted by Gasteiger charge is -2.30. The molecule has 104 valence electrons. The molecule has 2 unspecified atom stereocenters. The Morgan fingerprint density at radius 1 is 1.17 bits per heavy atom. The first-order valence-corrected chi connectivity index (χ1v) is 7.25. The fraction of sp³-hybridized carbons (Fsp3) is 0.929. The number of carbonyl (C=O) groups excluding carboxylic acids is 1. The SMILES string of the molecule is CC(C(=O)N1CCCCCC1)N1CCC(C)(O)C1. The smallest absolute Gasteiger partial charge is 0.239 e. The molecular formula is C14H26N2O2. The van der Waals surface area contributed by atoms with Gasteiger partial charge in [-0.25, -0.2) is 0 Å². The zero-order valence-electron chi connectivity index (χ0n) is 11.7. The molecule has 0 aromatic carbocycles. The molecular weight excluding hydrogens is 228 g/mol. The molecule has 0 radical (unpaired) electrons. The maximum absolute atomic E-state index is 12.5. The Kier molecular flexibility index (Phi) is 4.28. The maximum atomic E-state index is 12.5. The van der Waals surface area contributed by atoms with E-state index in [1.54, 1.807) is 0 Å². The van der Waals surface area contributed by atoms with Crippen LogP contribution in [0.5, 0.6) is 0 Å². The van der Waals surface area contributed by atoms with Gasteiger partial charge in [-0.05, 0) is 33.1 Å². The van der Waals surface area contributed by atoms with Crippen molar-refractivity contribution in [1.82, 2.24) is 9.80 Å². The van der Waals surface area contributed by atoms with Crippen LogP contribution in [0.1, 0.15) is 46.0 Å². The highest BCUT2D eigenvalue weighted by atomic mass is 16.3. The summed E-state index contributed by atoms with van der Waals surface area (Å²) in [5.74, 6) is 0.245. The largest absolute Gasteiger partial charge is 0.389 e. The first-order chi connectivity index (χ1) is 8.49. The lowest BCUT2D eigenvalue weighted by molar-refractivity contribution is -0.136. The van der Waals surface area contributed by atoms with Gasteiger partial charge in [0.15, 0.2) is 0 Å². The van der Waals surface area contributed by atoms with Crippen molar-refractivity contribution in [1.29, 1.82) is 0 Å². The summed E-state index contributed by atoms with van der Waals surface area (Å²) in [5, 5.41) is 9.98. The highest BCUT2D eigenvalue weighted by molar-refractivity contribution is 5.81. The van der Waals surface area contributed by atoms with Gasteiger partial charge in [0.2, 0.25) is 5.91 Å². The average Bonchev–Trinajstić information content (AvgIpc) is 2.57. The minimum absolute atomic E-state index is 0.0860. The van der Waals surface area contributed by atoms with Crippen molar-refractivity contribution >= 4 is 5.91 Å². The molecule has 0 aromatic rings. The van der Waals surface area contributed by atoms with Crippen molar-refractivity contribution in [3.05, 3.63) is 0 Å². The van der Waals surface area contributed by atoms with Gasteiger partial charge in [0.25, 0.3) is 0 Å². The molecule has 0 saturated carbocycles. The number of likely N-dealkylation sites (tertiary alicyclic amines) is 2. The molecule has 2 rings (SSSR count). The van der Waals surface area contributed by atoms with E-state index < -0.39 is 5.60 Å². The van der Waals surface area contributed by atoms with Crippen LogP contribution >= 0.6 is 0 Å². The van der Waals surface area contributed by atoms with E-state index in [4.69, 9.17) is 0 Å². The number of hydrogen-bond acceptors (Lipinski definition) is 3. The predicted molar refractivity (Wildman–Crippen MR) is 71.3 cm³/mol. The molecule has 1 amide bonds. The summed E-state index contributed by atoms with van der Waals surface area (Å²) >= 11 is 0. The minimum Gasteiger partial charge on any atom is -0.389 e. The number of β-amino-alcohol motifs (C(OH)–C–C–N with tert-alkyl or cyclic N) is 1. The summed E-state index contributed by atoms with van der Waals surface area (Å²) in [6, 6.07) is -0.0860. The van der Waals surface area contributed by atoms with E-state index in [0.29, 0.717) is 6.54 Å². The van der Waals surface area contributed by atoms with E-state index in [1.807, 2.05) is 18.7 Å². The molecule has 4 heteroatoms. The second-order valence-electron chi connectivity index (χ2n) is 6.13. The molecule has 1 N–H and O–H groups in total. The normalized spacial score (nSPS) is 32.3. The second-order valence-corrected chi connectivity index (χ2v) is 6.13. The van der Waals surface area contributed by atoms with Crippen LogP contribution in [0.2, 0.25) is 0 Å². The third-order valence-electron chi connectivity index (χ3n) is 4.30. The number of amides is 1. The van der Waals surface area contributed by atoms with Crippen molar-refractivity contribution in [2.24, 2.45) is 0 Å².